The SMILES string of the molecule is Nc1nc2cc(/C=C/C3CC(n4c5ccccc5c5c(N)ncnc54)C(O)C3O)ccc2cc1Br. The van der Waals surface area contributed by atoms with Crippen LogP contribution in [0.25, 0.3) is 38.9 Å². The minimum atomic E-state index is -0.963. The van der Waals surface area contributed by atoms with Gasteiger partial charge < -0.3 is 26.2 Å². The molecule has 0 bridgehead atoms. The lowest BCUT2D eigenvalue weighted by Gasteiger charge is -2.20. The number of rotatable bonds is 3. The second kappa shape index (κ2) is 8.30. The van der Waals surface area contributed by atoms with Gasteiger partial charge in [-0.05, 0) is 46.1 Å². The molecule has 3 heterocycles. The first kappa shape index (κ1) is 22.0. The second-order valence-electron chi connectivity index (χ2n) is 8.96. The van der Waals surface area contributed by atoms with Gasteiger partial charge in [0.1, 0.15) is 29.7 Å². The molecule has 5 aromatic rings. The van der Waals surface area contributed by atoms with Crippen molar-refractivity contribution in [2.24, 2.45) is 5.92 Å². The van der Waals surface area contributed by atoms with Crippen LogP contribution in [0, 0.1) is 5.92 Å². The van der Waals surface area contributed by atoms with E-state index in [1.165, 1.54) is 6.33 Å². The molecule has 1 aliphatic rings. The number of aliphatic hydroxyl groups is 2. The summed E-state index contributed by atoms with van der Waals surface area (Å²) in [5, 5.41) is 24.7. The van der Waals surface area contributed by atoms with Crippen molar-refractivity contribution in [2.45, 2.75) is 24.7 Å². The molecule has 0 radical (unpaired) electrons. The summed E-state index contributed by atoms with van der Waals surface area (Å²) >= 11 is 3.41. The normalized spacial score (nSPS) is 22.7. The Labute approximate surface area is 209 Å². The summed E-state index contributed by atoms with van der Waals surface area (Å²) < 4.78 is 2.75. The molecule has 0 saturated heterocycles. The number of nitrogens with two attached hydrogens (primary N) is 2. The van der Waals surface area contributed by atoms with Gasteiger partial charge in [0, 0.05) is 16.7 Å². The van der Waals surface area contributed by atoms with Crippen LogP contribution in [-0.4, -0.2) is 41.9 Å². The minimum absolute atomic E-state index is 0.246. The first-order chi connectivity index (χ1) is 16.9. The number of hydrogen-bond donors (Lipinski definition) is 4. The van der Waals surface area contributed by atoms with Gasteiger partial charge in [-0.3, -0.25) is 0 Å². The molecule has 35 heavy (non-hydrogen) atoms. The average Bonchev–Trinajstić information content (AvgIpc) is 3.33. The van der Waals surface area contributed by atoms with Gasteiger partial charge in [-0.2, -0.15) is 0 Å². The number of fused-ring (bicyclic) bond motifs is 4. The van der Waals surface area contributed by atoms with Gasteiger partial charge in [-0.1, -0.05) is 42.5 Å². The maximum absolute atomic E-state index is 11.1. The van der Waals surface area contributed by atoms with Gasteiger partial charge in [-0.25, -0.2) is 15.0 Å². The third kappa shape index (κ3) is 3.54. The zero-order valence-electron chi connectivity index (χ0n) is 18.6. The lowest BCUT2D eigenvalue weighted by molar-refractivity contribution is 0.0145. The third-order valence-corrected chi connectivity index (χ3v) is 7.54. The van der Waals surface area contributed by atoms with E-state index in [1.54, 1.807) is 0 Å². The molecule has 4 atom stereocenters. The summed E-state index contributed by atoms with van der Waals surface area (Å²) in [6, 6.07) is 15.3. The van der Waals surface area contributed by atoms with E-state index in [-0.39, 0.29) is 12.0 Å². The fraction of sp³-hybridized carbons (Fsp3) is 0.192. The Morgan fingerprint density at radius 1 is 1.00 bits per heavy atom. The van der Waals surface area contributed by atoms with Crippen LogP contribution in [0.15, 0.2) is 65.4 Å². The standard InChI is InChI=1S/C26H23BrN6O2/c27-17-10-14-7-5-13(9-18(14)32-24(17)28)6-8-15-11-20(23(35)22(15)34)33-19-4-2-1-3-16(19)21-25(29)30-12-31-26(21)33/h1-10,12,15,20,22-23,34-35H,11H2,(H2,28,32)(H2,29,30,31)/b8-6+. The van der Waals surface area contributed by atoms with Crippen molar-refractivity contribution in [1.29, 1.82) is 0 Å². The number of anilines is 2. The van der Waals surface area contributed by atoms with Crippen LogP contribution >= 0.6 is 15.9 Å². The van der Waals surface area contributed by atoms with Crippen LogP contribution in [-0.2, 0) is 0 Å². The molecule has 3 aromatic heterocycles. The Bertz CT molecular complexity index is 1630. The minimum Gasteiger partial charge on any atom is -0.390 e. The lowest BCUT2D eigenvalue weighted by Crippen LogP contribution is -2.29. The van der Waals surface area contributed by atoms with Crippen molar-refractivity contribution in [2.75, 3.05) is 11.5 Å². The van der Waals surface area contributed by atoms with Gasteiger partial charge >= 0.3 is 0 Å². The van der Waals surface area contributed by atoms with E-state index in [9.17, 15) is 10.2 Å². The molecule has 0 spiro atoms. The highest BCUT2D eigenvalue weighted by Crippen LogP contribution is 2.42. The van der Waals surface area contributed by atoms with E-state index in [2.05, 4.69) is 30.9 Å². The highest BCUT2D eigenvalue weighted by molar-refractivity contribution is 9.10. The van der Waals surface area contributed by atoms with Gasteiger partial charge in [0.25, 0.3) is 0 Å². The molecular formula is C26H23BrN6O2. The van der Waals surface area contributed by atoms with E-state index in [0.29, 0.717) is 23.7 Å². The number of aromatic nitrogens is 4. The highest BCUT2D eigenvalue weighted by Gasteiger charge is 2.42. The summed E-state index contributed by atoms with van der Waals surface area (Å²) in [7, 11) is 0. The molecule has 9 heteroatoms. The molecule has 1 aliphatic carbocycles. The quantitative estimate of drug-likeness (QED) is 0.276. The molecule has 8 nitrogen and oxygen atoms in total. The Balaban J connectivity index is 1.36. The molecule has 2 aromatic carbocycles. The lowest BCUT2D eigenvalue weighted by atomic mass is 10.0. The van der Waals surface area contributed by atoms with E-state index in [4.69, 9.17) is 11.5 Å². The Morgan fingerprint density at radius 2 is 1.83 bits per heavy atom. The Morgan fingerprint density at radius 3 is 2.69 bits per heavy atom. The molecule has 4 unspecified atom stereocenters. The van der Waals surface area contributed by atoms with E-state index in [1.807, 2.05) is 65.3 Å². The fourth-order valence-corrected chi connectivity index (χ4v) is 5.51. The number of nitrogen functional groups attached to an aromatic ring is 2. The average molecular weight is 531 g/mol. The third-order valence-electron chi connectivity index (χ3n) is 6.90. The molecule has 0 aliphatic heterocycles. The van der Waals surface area contributed by atoms with Crippen molar-refractivity contribution in [1.82, 2.24) is 19.5 Å². The van der Waals surface area contributed by atoms with Crippen molar-refractivity contribution in [3.8, 4) is 0 Å². The van der Waals surface area contributed by atoms with Crippen LogP contribution < -0.4 is 11.5 Å². The van der Waals surface area contributed by atoms with E-state index < -0.39 is 12.2 Å². The number of pyridine rings is 1. The molecule has 1 saturated carbocycles. The smallest absolute Gasteiger partial charge is 0.146 e. The van der Waals surface area contributed by atoms with Gasteiger partial charge in [0.15, 0.2) is 0 Å². The first-order valence-electron chi connectivity index (χ1n) is 11.3. The zero-order chi connectivity index (χ0) is 24.3. The van der Waals surface area contributed by atoms with Crippen LogP contribution in [0.2, 0.25) is 0 Å². The summed E-state index contributed by atoms with van der Waals surface area (Å²) in [6.07, 6.45) is 4.00. The Hall–Kier alpha value is -3.53. The molecule has 1 fully saturated rings. The number of para-hydroxylation sites is 1. The Kier molecular flexibility index (Phi) is 5.21. The number of nitrogens with zero attached hydrogens (tertiary/aromatic N) is 4. The van der Waals surface area contributed by atoms with Crippen molar-refractivity contribution in [3.05, 3.63) is 71.0 Å². The first-order valence-corrected chi connectivity index (χ1v) is 12.1. The number of halogens is 1. The zero-order valence-corrected chi connectivity index (χ0v) is 20.2. The van der Waals surface area contributed by atoms with Crippen LogP contribution in [0.1, 0.15) is 18.0 Å². The highest BCUT2D eigenvalue weighted by atomic mass is 79.9. The number of aliphatic hydroxyl groups excluding tert-OH is 2. The predicted molar refractivity (Wildman–Crippen MR) is 141 cm³/mol. The summed E-state index contributed by atoms with van der Waals surface area (Å²) in [5.74, 6) is 0.586. The topological polar surface area (TPSA) is 136 Å². The van der Waals surface area contributed by atoms with E-state index >= 15 is 0 Å². The molecule has 0 amide bonds. The molecular weight excluding hydrogens is 508 g/mol. The summed E-state index contributed by atoms with van der Waals surface area (Å²) in [5.41, 5.74) is 15.4. The largest absolute Gasteiger partial charge is 0.390 e. The maximum Gasteiger partial charge on any atom is 0.146 e. The van der Waals surface area contributed by atoms with E-state index in [0.717, 1.165) is 37.2 Å². The summed E-state index contributed by atoms with van der Waals surface area (Å²) in [6.45, 7) is 0. The number of hydrogen-bond acceptors (Lipinski definition) is 7. The molecule has 176 valence electrons. The predicted octanol–water partition coefficient (Wildman–Crippen LogP) is 4.06. The van der Waals surface area contributed by atoms with Gasteiger partial charge in [0.2, 0.25) is 0 Å². The fourth-order valence-electron chi connectivity index (χ4n) is 5.18. The monoisotopic (exact) mass is 530 g/mol. The van der Waals surface area contributed by atoms with Crippen molar-refractivity contribution in [3.63, 3.8) is 0 Å². The summed E-state index contributed by atoms with van der Waals surface area (Å²) in [4.78, 5) is 13.1. The van der Waals surface area contributed by atoms with Gasteiger partial charge in [-0.15, -0.1) is 0 Å². The maximum atomic E-state index is 11.1. The number of benzene rings is 2. The van der Waals surface area contributed by atoms with Crippen molar-refractivity contribution < 1.29 is 10.2 Å². The molecule has 6 rings (SSSR count). The van der Waals surface area contributed by atoms with Gasteiger partial charge in [0.05, 0.1) is 33.0 Å². The van der Waals surface area contributed by atoms with Crippen LogP contribution in [0.5, 0.6) is 0 Å². The second-order valence-corrected chi connectivity index (χ2v) is 9.81. The van der Waals surface area contributed by atoms with Crippen molar-refractivity contribution >= 4 is 66.5 Å². The van der Waals surface area contributed by atoms with Crippen LogP contribution in [0.3, 0.4) is 0 Å². The van der Waals surface area contributed by atoms with Crippen LogP contribution in [0.4, 0.5) is 11.6 Å². The molecule has 6 N–H and O–H groups in total.